The van der Waals surface area contributed by atoms with E-state index in [0.29, 0.717) is 19.0 Å². The van der Waals surface area contributed by atoms with Crippen molar-refractivity contribution in [1.82, 2.24) is 9.80 Å². The Morgan fingerprint density at radius 1 is 1.63 bits per heavy atom. The second kappa shape index (κ2) is 6.50. The molecule has 0 saturated carbocycles. The van der Waals surface area contributed by atoms with Crippen molar-refractivity contribution >= 4 is 17.2 Å². The van der Waals surface area contributed by atoms with Crippen LogP contribution in [0.15, 0.2) is 17.5 Å². The summed E-state index contributed by atoms with van der Waals surface area (Å²) in [5.74, 6) is 0.667. The van der Waals surface area contributed by atoms with Crippen LogP contribution < -0.4 is 5.73 Å². The molecule has 2 rings (SSSR count). The fourth-order valence-electron chi connectivity index (χ4n) is 2.43. The molecule has 2 N–H and O–H groups in total. The minimum absolute atomic E-state index is 0.191. The molecule has 0 spiro atoms. The second-order valence-corrected chi connectivity index (χ2v) is 6.53. The number of hydrogen-bond donors (Lipinski definition) is 1. The molecule has 0 aliphatic carbocycles. The minimum atomic E-state index is 0.191. The summed E-state index contributed by atoms with van der Waals surface area (Å²) in [4.78, 5) is 17.4. The number of rotatable bonds is 4. The number of carbonyl (C=O) groups is 1. The van der Waals surface area contributed by atoms with E-state index < -0.39 is 0 Å². The Balaban J connectivity index is 1.80. The largest absolute Gasteiger partial charge is 0.340 e. The van der Waals surface area contributed by atoms with E-state index in [2.05, 4.69) is 17.9 Å². The maximum Gasteiger partial charge on any atom is 0.236 e. The molecule has 4 nitrogen and oxygen atoms in total. The van der Waals surface area contributed by atoms with Crippen molar-refractivity contribution in [3.05, 3.63) is 22.4 Å². The van der Waals surface area contributed by atoms with E-state index in [1.165, 1.54) is 4.88 Å². The van der Waals surface area contributed by atoms with Crippen molar-refractivity contribution in [2.24, 2.45) is 11.7 Å². The molecule has 0 radical (unpaired) electrons. The van der Waals surface area contributed by atoms with Gasteiger partial charge in [-0.2, -0.15) is 0 Å². The van der Waals surface area contributed by atoms with Gasteiger partial charge in [-0.15, -0.1) is 11.3 Å². The SMILES string of the molecule is CC1CN(CC(=O)N(C)Cc2cccs2)CCC1N. The van der Waals surface area contributed by atoms with Gasteiger partial charge in [0.05, 0.1) is 13.1 Å². The van der Waals surface area contributed by atoms with Crippen molar-refractivity contribution in [3.63, 3.8) is 0 Å². The molecule has 106 valence electrons. The van der Waals surface area contributed by atoms with Gasteiger partial charge in [0.15, 0.2) is 0 Å². The monoisotopic (exact) mass is 281 g/mol. The Morgan fingerprint density at radius 3 is 3.05 bits per heavy atom. The van der Waals surface area contributed by atoms with E-state index in [0.717, 1.165) is 19.5 Å². The van der Waals surface area contributed by atoms with Crippen LogP contribution in [0.2, 0.25) is 0 Å². The van der Waals surface area contributed by atoms with Gasteiger partial charge in [-0.25, -0.2) is 0 Å². The third kappa shape index (κ3) is 4.03. The molecule has 19 heavy (non-hydrogen) atoms. The fourth-order valence-corrected chi connectivity index (χ4v) is 3.19. The Labute approximate surface area is 119 Å². The summed E-state index contributed by atoms with van der Waals surface area (Å²) < 4.78 is 0. The Morgan fingerprint density at radius 2 is 2.42 bits per heavy atom. The summed E-state index contributed by atoms with van der Waals surface area (Å²) in [6, 6.07) is 4.37. The van der Waals surface area contributed by atoms with Crippen LogP contribution in [0, 0.1) is 5.92 Å². The predicted octanol–water partition coefficient (Wildman–Crippen LogP) is 1.38. The normalized spacial score (nSPS) is 24.4. The lowest BCUT2D eigenvalue weighted by Crippen LogP contribution is -2.49. The van der Waals surface area contributed by atoms with Crippen LogP contribution in [0.4, 0.5) is 0 Å². The average Bonchev–Trinajstić information content (AvgIpc) is 2.86. The molecular formula is C14H23N3OS. The standard InChI is InChI=1S/C14H23N3OS/c1-11-8-17(6-5-13(11)15)10-14(18)16(2)9-12-4-3-7-19-12/h3-4,7,11,13H,5-6,8-10,15H2,1-2H3. The van der Waals surface area contributed by atoms with Gasteiger partial charge in [-0.1, -0.05) is 13.0 Å². The lowest BCUT2D eigenvalue weighted by molar-refractivity contribution is -0.132. The van der Waals surface area contributed by atoms with Gasteiger partial charge in [-0.05, 0) is 23.8 Å². The van der Waals surface area contributed by atoms with Crippen molar-refractivity contribution in [2.75, 3.05) is 26.7 Å². The number of likely N-dealkylation sites (N-methyl/N-ethyl adjacent to an activating group) is 1. The zero-order valence-electron chi connectivity index (χ0n) is 11.7. The first-order valence-corrected chi connectivity index (χ1v) is 7.68. The van der Waals surface area contributed by atoms with Gasteiger partial charge in [0, 0.05) is 31.1 Å². The Bertz CT molecular complexity index is 407. The van der Waals surface area contributed by atoms with Gasteiger partial charge in [0.25, 0.3) is 0 Å². The molecule has 1 aromatic rings. The van der Waals surface area contributed by atoms with Gasteiger partial charge < -0.3 is 10.6 Å². The van der Waals surface area contributed by atoms with E-state index >= 15 is 0 Å². The highest BCUT2D eigenvalue weighted by Gasteiger charge is 2.25. The number of likely N-dealkylation sites (tertiary alicyclic amines) is 1. The van der Waals surface area contributed by atoms with Crippen LogP contribution in [0.3, 0.4) is 0 Å². The van der Waals surface area contributed by atoms with E-state index in [9.17, 15) is 4.79 Å². The van der Waals surface area contributed by atoms with Crippen LogP contribution in [0.1, 0.15) is 18.2 Å². The van der Waals surface area contributed by atoms with Crippen LogP contribution in [-0.2, 0) is 11.3 Å². The molecule has 0 aromatic carbocycles. The van der Waals surface area contributed by atoms with E-state index in [4.69, 9.17) is 5.73 Å². The summed E-state index contributed by atoms with van der Waals surface area (Å²) in [6.45, 7) is 5.25. The molecule has 1 aliphatic rings. The summed E-state index contributed by atoms with van der Waals surface area (Å²) in [6.07, 6.45) is 0.989. The Kier molecular flexibility index (Phi) is 4.96. The second-order valence-electron chi connectivity index (χ2n) is 5.49. The number of hydrogen-bond acceptors (Lipinski definition) is 4. The van der Waals surface area contributed by atoms with Crippen LogP contribution in [0.25, 0.3) is 0 Å². The summed E-state index contributed by atoms with van der Waals surface area (Å²) in [7, 11) is 1.88. The first-order valence-electron chi connectivity index (χ1n) is 6.80. The molecule has 1 aromatic heterocycles. The molecule has 5 heteroatoms. The zero-order valence-corrected chi connectivity index (χ0v) is 12.5. The molecule has 2 heterocycles. The van der Waals surface area contributed by atoms with Crippen molar-refractivity contribution < 1.29 is 4.79 Å². The van der Waals surface area contributed by atoms with Crippen LogP contribution in [-0.4, -0.2) is 48.4 Å². The van der Waals surface area contributed by atoms with Gasteiger partial charge in [0.2, 0.25) is 5.91 Å². The molecular weight excluding hydrogens is 258 g/mol. The summed E-state index contributed by atoms with van der Waals surface area (Å²) in [5.41, 5.74) is 6.00. The average molecular weight is 281 g/mol. The van der Waals surface area contributed by atoms with Crippen LogP contribution >= 0.6 is 11.3 Å². The lowest BCUT2D eigenvalue weighted by Gasteiger charge is -2.35. The first kappa shape index (κ1) is 14.5. The van der Waals surface area contributed by atoms with Crippen molar-refractivity contribution in [2.45, 2.75) is 25.9 Å². The first-order chi connectivity index (χ1) is 9.06. The maximum atomic E-state index is 12.2. The predicted molar refractivity (Wildman–Crippen MR) is 79.0 cm³/mol. The molecule has 1 saturated heterocycles. The van der Waals surface area contributed by atoms with Gasteiger partial charge in [-0.3, -0.25) is 9.69 Å². The molecule has 1 aliphatic heterocycles. The molecule has 1 fully saturated rings. The third-order valence-corrected chi connectivity index (χ3v) is 4.67. The van der Waals surface area contributed by atoms with E-state index in [1.807, 2.05) is 23.4 Å². The summed E-state index contributed by atoms with van der Waals surface area (Å²) in [5, 5.41) is 2.04. The number of carbonyl (C=O) groups excluding carboxylic acids is 1. The number of amides is 1. The third-order valence-electron chi connectivity index (χ3n) is 3.81. The highest BCUT2D eigenvalue weighted by molar-refractivity contribution is 7.09. The van der Waals surface area contributed by atoms with Crippen molar-refractivity contribution in [1.29, 1.82) is 0 Å². The zero-order chi connectivity index (χ0) is 13.8. The summed E-state index contributed by atoms with van der Waals surface area (Å²) >= 11 is 1.69. The lowest BCUT2D eigenvalue weighted by atomic mass is 9.95. The van der Waals surface area contributed by atoms with Crippen molar-refractivity contribution in [3.8, 4) is 0 Å². The smallest absolute Gasteiger partial charge is 0.236 e. The highest BCUT2D eigenvalue weighted by atomic mass is 32.1. The molecule has 0 bridgehead atoms. The number of thiophene rings is 1. The van der Waals surface area contributed by atoms with Gasteiger partial charge >= 0.3 is 0 Å². The Hall–Kier alpha value is -0.910. The number of nitrogens with zero attached hydrogens (tertiary/aromatic N) is 2. The molecule has 2 unspecified atom stereocenters. The fraction of sp³-hybridized carbons (Fsp3) is 0.643. The highest BCUT2D eigenvalue weighted by Crippen LogP contribution is 2.15. The van der Waals surface area contributed by atoms with E-state index in [-0.39, 0.29) is 11.9 Å². The molecule has 2 atom stereocenters. The minimum Gasteiger partial charge on any atom is -0.340 e. The number of nitrogens with two attached hydrogens (primary N) is 1. The van der Waals surface area contributed by atoms with Crippen LogP contribution in [0.5, 0.6) is 0 Å². The van der Waals surface area contributed by atoms with E-state index in [1.54, 1.807) is 11.3 Å². The van der Waals surface area contributed by atoms with Gasteiger partial charge in [0.1, 0.15) is 0 Å². The molecule has 1 amide bonds. The number of piperidine rings is 1. The quantitative estimate of drug-likeness (QED) is 0.907. The maximum absolute atomic E-state index is 12.2. The topological polar surface area (TPSA) is 49.6 Å².